The monoisotopic (exact) mass is 304 g/mol. The van der Waals surface area contributed by atoms with Gasteiger partial charge in [0.25, 0.3) is 0 Å². The highest BCUT2D eigenvalue weighted by Crippen LogP contribution is 2.14. The molecule has 1 aromatic carbocycles. The van der Waals surface area contributed by atoms with Gasteiger partial charge in [0, 0.05) is 16.8 Å². The molecule has 1 aliphatic heterocycles. The van der Waals surface area contributed by atoms with Crippen molar-refractivity contribution < 1.29 is 8.42 Å². The highest BCUT2D eigenvalue weighted by Gasteiger charge is 2.28. The van der Waals surface area contributed by atoms with Gasteiger partial charge in [-0.25, -0.2) is 8.42 Å². The van der Waals surface area contributed by atoms with E-state index < -0.39 is 9.84 Å². The summed E-state index contributed by atoms with van der Waals surface area (Å²) in [5.74, 6) is 0.379. The molecule has 1 fully saturated rings. The average molecular weight is 305 g/mol. The zero-order chi connectivity index (χ0) is 13.2. The van der Waals surface area contributed by atoms with Gasteiger partial charge in [-0.05, 0) is 42.9 Å². The van der Waals surface area contributed by atoms with Gasteiger partial charge in [0.15, 0.2) is 14.9 Å². The first-order chi connectivity index (χ1) is 8.44. The molecule has 0 spiro atoms. The normalized spacial score (nSPS) is 21.5. The molecule has 0 amide bonds. The Labute approximate surface area is 117 Å². The third-order valence-corrected chi connectivity index (χ3v) is 4.91. The molecule has 1 atom stereocenters. The molecular formula is C11H13ClN2O2S2. The van der Waals surface area contributed by atoms with E-state index in [0.29, 0.717) is 16.6 Å². The van der Waals surface area contributed by atoms with Crippen LogP contribution in [-0.2, 0) is 9.84 Å². The van der Waals surface area contributed by atoms with Crippen LogP contribution in [-0.4, -0.2) is 31.1 Å². The molecule has 1 heterocycles. The zero-order valence-corrected chi connectivity index (χ0v) is 11.9. The second-order valence-electron chi connectivity index (χ2n) is 4.21. The predicted molar refractivity (Wildman–Crippen MR) is 77.9 cm³/mol. The summed E-state index contributed by atoms with van der Waals surface area (Å²) in [6, 6.07) is 7.03. The highest BCUT2D eigenvalue weighted by atomic mass is 35.5. The van der Waals surface area contributed by atoms with Crippen LogP contribution in [0.15, 0.2) is 24.3 Å². The van der Waals surface area contributed by atoms with Gasteiger partial charge in [0.1, 0.15) is 0 Å². The number of hydrogen-bond acceptors (Lipinski definition) is 3. The van der Waals surface area contributed by atoms with Crippen LogP contribution < -0.4 is 10.6 Å². The third-order valence-electron chi connectivity index (χ3n) is 2.67. The van der Waals surface area contributed by atoms with E-state index in [9.17, 15) is 8.42 Å². The van der Waals surface area contributed by atoms with Gasteiger partial charge in [-0.2, -0.15) is 0 Å². The largest absolute Gasteiger partial charge is 0.359 e. The standard InChI is InChI=1S/C11H13ClN2O2S2/c12-8-1-3-9(4-2-8)13-11(17)14-10-5-6-18(15,16)7-10/h1-4,10H,5-7H2,(H2,13,14,17)/t10-/m1/s1. The van der Waals surface area contributed by atoms with E-state index in [0.717, 1.165) is 5.69 Å². The van der Waals surface area contributed by atoms with E-state index in [4.69, 9.17) is 23.8 Å². The molecule has 0 bridgehead atoms. The maximum Gasteiger partial charge on any atom is 0.171 e. The summed E-state index contributed by atoms with van der Waals surface area (Å²) < 4.78 is 22.6. The molecule has 1 aromatic rings. The molecule has 1 saturated heterocycles. The van der Waals surface area contributed by atoms with Crippen LogP contribution >= 0.6 is 23.8 Å². The van der Waals surface area contributed by atoms with Crippen molar-refractivity contribution >= 4 is 44.5 Å². The summed E-state index contributed by atoms with van der Waals surface area (Å²) in [6.45, 7) is 0. The first-order valence-corrected chi connectivity index (χ1v) is 8.09. The Bertz CT molecular complexity index is 543. The van der Waals surface area contributed by atoms with Crippen molar-refractivity contribution in [3.05, 3.63) is 29.3 Å². The van der Waals surface area contributed by atoms with E-state index >= 15 is 0 Å². The quantitative estimate of drug-likeness (QED) is 0.816. The van der Waals surface area contributed by atoms with Crippen LogP contribution in [0.1, 0.15) is 6.42 Å². The van der Waals surface area contributed by atoms with E-state index in [1.807, 2.05) is 12.1 Å². The van der Waals surface area contributed by atoms with Crippen molar-refractivity contribution in [3.8, 4) is 0 Å². The molecule has 2 rings (SSSR count). The molecule has 0 saturated carbocycles. The highest BCUT2D eigenvalue weighted by molar-refractivity contribution is 7.91. The lowest BCUT2D eigenvalue weighted by molar-refractivity contribution is 0.600. The van der Waals surface area contributed by atoms with Crippen molar-refractivity contribution in [2.24, 2.45) is 0 Å². The van der Waals surface area contributed by atoms with Crippen molar-refractivity contribution in [3.63, 3.8) is 0 Å². The van der Waals surface area contributed by atoms with Gasteiger partial charge < -0.3 is 10.6 Å². The van der Waals surface area contributed by atoms with Crippen LogP contribution in [0.5, 0.6) is 0 Å². The summed E-state index contributed by atoms with van der Waals surface area (Å²) in [4.78, 5) is 0. The average Bonchev–Trinajstić information content (AvgIpc) is 2.61. The Balaban J connectivity index is 1.88. The molecule has 18 heavy (non-hydrogen) atoms. The van der Waals surface area contributed by atoms with Crippen LogP contribution in [0.4, 0.5) is 5.69 Å². The second kappa shape index (κ2) is 5.42. The Morgan fingerprint density at radius 2 is 2.00 bits per heavy atom. The number of benzene rings is 1. The maximum atomic E-state index is 11.3. The van der Waals surface area contributed by atoms with E-state index in [1.165, 1.54) is 0 Å². The SMILES string of the molecule is O=S1(=O)CC[C@@H](NC(=S)Nc2ccc(Cl)cc2)C1. The second-order valence-corrected chi connectivity index (χ2v) is 7.28. The van der Waals surface area contributed by atoms with Gasteiger partial charge in [-0.1, -0.05) is 11.6 Å². The lowest BCUT2D eigenvalue weighted by atomic mass is 10.3. The van der Waals surface area contributed by atoms with Gasteiger partial charge in [0.2, 0.25) is 0 Å². The topological polar surface area (TPSA) is 58.2 Å². The fourth-order valence-corrected chi connectivity index (χ4v) is 3.88. The van der Waals surface area contributed by atoms with Gasteiger partial charge in [-0.15, -0.1) is 0 Å². The number of halogens is 1. The minimum atomic E-state index is -2.89. The molecule has 0 aromatic heterocycles. The Kier molecular flexibility index (Phi) is 4.09. The number of anilines is 1. The first kappa shape index (κ1) is 13.6. The number of hydrogen-bond donors (Lipinski definition) is 2. The van der Waals surface area contributed by atoms with Crippen LogP contribution in [0.3, 0.4) is 0 Å². The molecular weight excluding hydrogens is 292 g/mol. The van der Waals surface area contributed by atoms with Crippen LogP contribution in [0.25, 0.3) is 0 Å². The van der Waals surface area contributed by atoms with Crippen molar-refractivity contribution in [2.45, 2.75) is 12.5 Å². The van der Waals surface area contributed by atoms with Crippen molar-refractivity contribution in [2.75, 3.05) is 16.8 Å². The fourth-order valence-electron chi connectivity index (χ4n) is 1.79. The summed E-state index contributed by atoms with van der Waals surface area (Å²) in [5.41, 5.74) is 0.817. The Morgan fingerprint density at radius 3 is 2.56 bits per heavy atom. The molecule has 2 N–H and O–H groups in total. The van der Waals surface area contributed by atoms with Crippen LogP contribution in [0, 0.1) is 0 Å². The zero-order valence-electron chi connectivity index (χ0n) is 9.52. The summed E-state index contributed by atoms with van der Waals surface area (Å²) in [5, 5.41) is 7.08. The van der Waals surface area contributed by atoms with E-state index in [-0.39, 0.29) is 17.5 Å². The fraction of sp³-hybridized carbons (Fsp3) is 0.364. The lowest BCUT2D eigenvalue weighted by Crippen LogP contribution is -2.38. The molecule has 0 aliphatic carbocycles. The summed E-state index contributed by atoms with van der Waals surface area (Å²) in [7, 11) is -2.89. The number of sulfone groups is 1. The van der Waals surface area contributed by atoms with Gasteiger partial charge in [0.05, 0.1) is 11.5 Å². The van der Waals surface area contributed by atoms with Gasteiger partial charge in [-0.3, -0.25) is 0 Å². The number of rotatable bonds is 2. The minimum absolute atomic E-state index is 0.0951. The lowest BCUT2D eigenvalue weighted by Gasteiger charge is -2.14. The predicted octanol–water partition coefficient (Wildman–Crippen LogP) is 1.81. The van der Waals surface area contributed by atoms with Crippen molar-refractivity contribution in [1.29, 1.82) is 0 Å². The van der Waals surface area contributed by atoms with Crippen molar-refractivity contribution in [1.82, 2.24) is 5.32 Å². The Morgan fingerprint density at radius 1 is 1.33 bits per heavy atom. The molecule has 0 radical (unpaired) electrons. The van der Waals surface area contributed by atoms with Gasteiger partial charge >= 0.3 is 0 Å². The molecule has 1 aliphatic rings. The van der Waals surface area contributed by atoms with Crippen LogP contribution in [0.2, 0.25) is 5.02 Å². The minimum Gasteiger partial charge on any atom is -0.359 e. The molecule has 4 nitrogen and oxygen atoms in total. The molecule has 98 valence electrons. The van der Waals surface area contributed by atoms with E-state index in [2.05, 4.69) is 10.6 Å². The molecule has 7 heteroatoms. The van der Waals surface area contributed by atoms with E-state index in [1.54, 1.807) is 12.1 Å². The molecule has 0 unspecified atom stereocenters. The maximum absolute atomic E-state index is 11.3. The number of nitrogens with one attached hydrogen (secondary N) is 2. The smallest absolute Gasteiger partial charge is 0.171 e. The summed E-state index contributed by atoms with van der Waals surface area (Å²) >= 11 is 10.9. The third kappa shape index (κ3) is 3.83. The first-order valence-electron chi connectivity index (χ1n) is 5.48. The summed E-state index contributed by atoms with van der Waals surface area (Å²) in [6.07, 6.45) is 0.602. The number of thiocarbonyl (C=S) groups is 1. The Hall–Kier alpha value is -0.850.